The van der Waals surface area contributed by atoms with E-state index in [0.717, 1.165) is 5.69 Å². The number of aromatic nitrogens is 1. The Labute approximate surface area is 118 Å². The molecule has 0 spiro atoms. The normalized spacial score (nSPS) is 10.1. The summed E-state index contributed by atoms with van der Waals surface area (Å²) >= 11 is 2.00. The second-order valence-corrected chi connectivity index (χ2v) is 4.97. The smallest absolute Gasteiger partial charge is 0.255 e. The Bertz CT molecular complexity index is 599. The van der Waals surface area contributed by atoms with Crippen LogP contribution in [-0.2, 0) is 0 Å². The SMILES string of the molecule is Cc1cc(NC(=O)c2ccc(I)c(O)c2)ccn1. The molecule has 0 unspecified atom stereocenters. The van der Waals surface area contributed by atoms with Gasteiger partial charge < -0.3 is 10.4 Å². The zero-order valence-electron chi connectivity index (χ0n) is 9.64. The predicted molar refractivity (Wildman–Crippen MR) is 77.8 cm³/mol. The van der Waals surface area contributed by atoms with Crippen LogP contribution in [0.1, 0.15) is 16.1 Å². The van der Waals surface area contributed by atoms with Crippen molar-refractivity contribution < 1.29 is 9.90 Å². The molecular formula is C13H11IN2O2. The number of benzene rings is 1. The molecule has 0 aliphatic heterocycles. The van der Waals surface area contributed by atoms with Gasteiger partial charge >= 0.3 is 0 Å². The van der Waals surface area contributed by atoms with E-state index in [0.29, 0.717) is 14.8 Å². The van der Waals surface area contributed by atoms with Crippen molar-refractivity contribution in [1.29, 1.82) is 0 Å². The summed E-state index contributed by atoms with van der Waals surface area (Å²) in [5.74, 6) is -0.151. The van der Waals surface area contributed by atoms with Gasteiger partial charge in [-0.25, -0.2) is 0 Å². The number of rotatable bonds is 2. The number of nitrogens with zero attached hydrogens (tertiary/aromatic N) is 1. The van der Waals surface area contributed by atoms with Gasteiger partial charge in [0.1, 0.15) is 5.75 Å². The van der Waals surface area contributed by atoms with Gasteiger partial charge in [0.2, 0.25) is 0 Å². The van der Waals surface area contributed by atoms with Gasteiger partial charge in [-0.15, -0.1) is 0 Å². The first kappa shape index (κ1) is 12.8. The first-order valence-corrected chi connectivity index (χ1v) is 6.36. The predicted octanol–water partition coefficient (Wildman–Crippen LogP) is 2.95. The van der Waals surface area contributed by atoms with Gasteiger partial charge in [0.25, 0.3) is 5.91 Å². The maximum atomic E-state index is 11.9. The van der Waals surface area contributed by atoms with E-state index in [9.17, 15) is 9.90 Å². The summed E-state index contributed by atoms with van der Waals surface area (Å²) < 4.78 is 0.712. The number of carbonyl (C=O) groups excluding carboxylic acids is 1. The van der Waals surface area contributed by atoms with E-state index in [2.05, 4.69) is 10.3 Å². The number of hydrogen-bond acceptors (Lipinski definition) is 3. The Morgan fingerprint density at radius 2 is 2.11 bits per heavy atom. The summed E-state index contributed by atoms with van der Waals surface area (Å²) in [6.45, 7) is 1.85. The van der Waals surface area contributed by atoms with Crippen molar-refractivity contribution >= 4 is 34.2 Å². The standard InChI is InChI=1S/C13H11IN2O2/c1-8-6-10(4-5-15-8)16-13(18)9-2-3-11(14)12(17)7-9/h2-7,17H,1H3,(H,15,16,18). The third kappa shape index (κ3) is 2.98. The Balaban J connectivity index is 2.19. The molecule has 1 aromatic heterocycles. The molecule has 18 heavy (non-hydrogen) atoms. The van der Waals surface area contributed by atoms with Gasteiger partial charge in [0, 0.05) is 23.1 Å². The lowest BCUT2D eigenvalue weighted by atomic mass is 10.2. The molecule has 1 amide bonds. The summed E-state index contributed by atoms with van der Waals surface area (Å²) in [7, 11) is 0. The largest absolute Gasteiger partial charge is 0.507 e. The van der Waals surface area contributed by atoms with Crippen molar-refractivity contribution in [2.24, 2.45) is 0 Å². The van der Waals surface area contributed by atoms with E-state index >= 15 is 0 Å². The van der Waals surface area contributed by atoms with Crippen LogP contribution in [0.2, 0.25) is 0 Å². The van der Waals surface area contributed by atoms with Crippen LogP contribution in [0.15, 0.2) is 36.5 Å². The first-order chi connectivity index (χ1) is 8.56. The summed E-state index contributed by atoms with van der Waals surface area (Å²) in [6, 6.07) is 8.32. The zero-order valence-corrected chi connectivity index (χ0v) is 11.8. The first-order valence-electron chi connectivity index (χ1n) is 5.29. The molecule has 0 fully saturated rings. The third-order valence-electron chi connectivity index (χ3n) is 2.36. The van der Waals surface area contributed by atoms with E-state index in [1.54, 1.807) is 30.5 Å². The number of aryl methyl sites for hydroxylation is 1. The number of phenols is 1. The van der Waals surface area contributed by atoms with Gasteiger partial charge in [-0.3, -0.25) is 9.78 Å². The molecule has 1 aromatic carbocycles. The lowest BCUT2D eigenvalue weighted by Crippen LogP contribution is -2.12. The highest BCUT2D eigenvalue weighted by Gasteiger charge is 2.08. The van der Waals surface area contributed by atoms with Crippen LogP contribution in [0.25, 0.3) is 0 Å². The average molecular weight is 354 g/mol. The molecule has 0 radical (unpaired) electrons. The number of phenolic OH excluding ortho intramolecular Hbond substituents is 1. The minimum Gasteiger partial charge on any atom is -0.507 e. The molecule has 5 heteroatoms. The van der Waals surface area contributed by atoms with Crippen LogP contribution >= 0.6 is 22.6 Å². The number of aromatic hydroxyl groups is 1. The Morgan fingerprint density at radius 3 is 2.78 bits per heavy atom. The number of amides is 1. The summed E-state index contributed by atoms with van der Waals surface area (Å²) in [5, 5.41) is 12.3. The lowest BCUT2D eigenvalue weighted by Gasteiger charge is -2.06. The highest BCUT2D eigenvalue weighted by molar-refractivity contribution is 14.1. The monoisotopic (exact) mass is 354 g/mol. The fourth-order valence-electron chi connectivity index (χ4n) is 1.48. The number of pyridine rings is 1. The fourth-order valence-corrected chi connectivity index (χ4v) is 1.82. The van der Waals surface area contributed by atoms with Crippen LogP contribution in [0.3, 0.4) is 0 Å². The maximum absolute atomic E-state index is 11.9. The molecule has 0 atom stereocenters. The fraction of sp³-hybridized carbons (Fsp3) is 0.0769. The topological polar surface area (TPSA) is 62.2 Å². The molecule has 0 bridgehead atoms. The van der Waals surface area contributed by atoms with E-state index < -0.39 is 0 Å². The summed E-state index contributed by atoms with van der Waals surface area (Å²) in [6.07, 6.45) is 1.64. The van der Waals surface area contributed by atoms with Crippen molar-refractivity contribution in [3.05, 3.63) is 51.4 Å². The second kappa shape index (κ2) is 5.34. The number of halogens is 1. The van der Waals surface area contributed by atoms with Crippen LogP contribution in [0.4, 0.5) is 5.69 Å². The second-order valence-electron chi connectivity index (χ2n) is 3.81. The Morgan fingerprint density at radius 1 is 1.33 bits per heavy atom. The molecule has 92 valence electrons. The highest BCUT2D eigenvalue weighted by Crippen LogP contribution is 2.21. The molecule has 0 aliphatic carbocycles. The third-order valence-corrected chi connectivity index (χ3v) is 3.28. The molecule has 0 saturated carbocycles. The molecule has 0 aliphatic rings. The van der Waals surface area contributed by atoms with E-state index in [1.165, 1.54) is 6.07 Å². The minimum atomic E-state index is -0.257. The molecule has 2 aromatic rings. The summed E-state index contributed by atoms with van der Waals surface area (Å²) in [4.78, 5) is 16.0. The minimum absolute atomic E-state index is 0.106. The van der Waals surface area contributed by atoms with Crippen molar-refractivity contribution in [3.8, 4) is 5.75 Å². The van der Waals surface area contributed by atoms with Crippen molar-refractivity contribution in [3.63, 3.8) is 0 Å². The Hall–Kier alpha value is -1.63. The number of anilines is 1. The van der Waals surface area contributed by atoms with Gasteiger partial charge in [0.15, 0.2) is 0 Å². The molecule has 2 rings (SSSR count). The zero-order chi connectivity index (χ0) is 13.1. The summed E-state index contributed by atoms with van der Waals surface area (Å²) in [5.41, 5.74) is 1.94. The van der Waals surface area contributed by atoms with Crippen LogP contribution in [-0.4, -0.2) is 16.0 Å². The number of hydrogen-bond donors (Lipinski definition) is 2. The highest BCUT2D eigenvalue weighted by atomic mass is 127. The lowest BCUT2D eigenvalue weighted by molar-refractivity contribution is 0.102. The van der Waals surface area contributed by atoms with Crippen LogP contribution in [0.5, 0.6) is 5.75 Å². The molecule has 0 saturated heterocycles. The van der Waals surface area contributed by atoms with Crippen molar-refractivity contribution in [1.82, 2.24) is 4.98 Å². The molecular weight excluding hydrogens is 343 g/mol. The van der Waals surface area contributed by atoms with Crippen molar-refractivity contribution in [2.45, 2.75) is 6.92 Å². The molecule has 2 N–H and O–H groups in total. The van der Waals surface area contributed by atoms with Gasteiger partial charge in [-0.05, 0) is 59.8 Å². The van der Waals surface area contributed by atoms with E-state index in [-0.39, 0.29) is 11.7 Å². The van der Waals surface area contributed by atoms with Gasteiger partial charge in [-0.1, -0.05) is 0 Å². The van der Waals surface area contributed by atoms with Crippen molar-refractivity contribution in [2.75, 3.05) is 5.32 Å². The molecule has 1 heterocycles. The average Bonchev–Trinajstić information content (AvgIpc) is 2.32. The van der Waals surface area contributed by atoms with Gasteiger partial charge in [0.05, 0.1) is 3.57 Å². The maximum Gasteiger partial charge on any atom is 0.255 e. The Kier molecular flexibility index (Phi) is 3.81. The number of carbonyl (C=O) groups is 1. The van der Waals surface area contributed by atoms with E-state index in [4.69, 9.17) is 0 Å². The quantitative estimate of drug-likeness (QED) is 0.816. The molecule has 4 nitrogen and oxygen atoms in total. The van der Waals surface area contributed by atoms with Crippen LogP contribution < -0.4 is 5.32 Å². The van der Waals surface area contributed by atoms with Gasteiger partial charge in [-0.2, -0.15) is 0 Å². The van der Waals surface area contributed by atoms with E-state index in [1.807, 2.05) is 29.5 Å². The number of nitrogens with one attached hydrogen (secondary N) is 1. The van der Waals surface area contributed by atoms with Crippen LogP contribution in [0, 0.1) is 10.5 Å².